The Balaban J connectivity index is 1.82. The molecule has 26 heavy (non-hydrogen) atoms. The number of carbonyl (C=O) groups excluding carboxylic acids is 2. The molecule has 2 aromatic rings. The smallest absolute Gasteiger partial charge is 0.226 e. The molecule has 0 bridgehead atoms. The van der Waals surface area contributed by atoms with Crippen molar-refractivity contribution >= 4 is 17.5 Å². The predicted molar refractivity (Wildman–Crippen MR) is 100 cm³/mol. The number of hydrogen-bond acceptors (Lipinski definition) is 4. The van der Waals surface area contributed by atoms with Crippen molar-refractivity contribution < 1.29 is 19.1 Å². The normalized spacial score (nSPS) is 10.2. The van der Waals surface area contributed by atoms with E-state index in [4.69, 9.17) is 9.47 Å². The van der Waals surface area contributed by atoms with Gasteiger partial charge in [-0.2, -0.15) is 0 Å². The highest BCUT2D eigenvalue weighted by Crippen LogP contribution is 2.22. The number of anilines is 1. The third-order valence-electron chi connectivity index (χ3n) is 3.74. The van der Waals surface area contributed by atoms with E-state index < -0.39 is 0 Å². The minimum Gasteiger partial charge on any atom is -0.457 e. The van der Waals surface area contributed by atoms with Gasteiger partial charge in [-0.25, -0.2) is 0 Å². The quantitative estimate of drug-likeness (QED) is 0.748. The lowest BCUT2D eigenvalue weighted by Crippen LogP contribution is -2.34. The second-order valence-electron chi connectivity index (χ2n) is 5.74. The molecule has 2 rings (SSSR count). The van der Waals surface area contributed by atoms with Gasteiger partial charge in [0.25, 0.3) is 0 Å². The number of rotatable bonds is 9. The van der Waals surface area contributed by atoms with Crippen molar-refractivity contribution in [2.45, 2.75) is 13.3 Å². The van der Waals surface area contributed by atoms with Crippen LogP contribution in [0.2, 0.25) is 0 Å². The largest absolute Gasteiger partial charge is 0.457 e. The van der Waals surface area contributed by atoms with Crippen molar-refractivity contribution in [3.05, 3.63) is 54.6 Å². The Morgan fingerprint density at radius 3 is 2.23 bits per heavy atom. The molecule has 6 nitrogen and oxygen atoms in total. The molecule has 0 aliphatic carbocycles. The van der Waals surface area contributed by atoms with Crippen molar-refractivity contribution in [3.8, 4) is 11.5 Å². The van der Waals surface area contributed by atoms with Gasteiger partial charge in [0.2, 0.25) is 11.8 Å². The maximum absolute atomic E-state index is 12.1. The molecule has 0 fully saturated rings. The number of benzene rings is 2. The molecule has 2 amide bonds. The third-order valence-corrected chi connectivity index (χ3v) is 3.74. The van der Waals surface area contributed by atoms with E-state index in [1.807, 2.05) is 30.3 Å². The Kier molecular flexibility index (Phi) is 7.64. The van der Waals surface area contributed by atoms with Gasteiger partial charge in [0, 0.05) is 39.2 Å². The van der Waals surface area contributed by atoms with Crippen molar-refractivity contribution in [2.24, 2.45) is 0 Å². The summed E-state index contributed by atoms with van der Waals surface area (Å²) in [4.78, 5) is 25.2. The number of ether oxygens (including phenoxy) is 2. The third kappa shape index (κ3) is 6.57. The molecule has 1 N–H and O–H groups in total. The molecule has 0 aromatic heterocycles. The summed E-state index contributed by atoms with van der Waals surface area (Å²) in [6.07, 6.45) is 0.228. The zero-order chi connectivity index (χ0) is 18.8. The van der Waals surface area contributed by atoms with E-state index in [1.54, 1.807) is 36.3 Å². The van der Waals surface area contributed by atoms with Gasteiger partial charge in [-0.3, -0.25) is 9.59 Å². The van der Waals surface area contributed by atoms with Gasteiger partial charge in [0.1, 0.15) is 11.5 Å². The van der Waals surface area contributed by atoms with Crippen LogP contribution in [0.15, 0.2) is 54.6 Å². The molecule has 0 saturated carbocycles. The van der Waals surface area contributed by atoms with Crippen molar-refractivity contribution in [3.63, 3.8) is 0 Å². The highest BCUT2D eigenvalue weighted by molar-refractivity contribution is 5.91. The Hall–Kier alpha value is -2.86. The number of nitrogens with zero attached hydrogens (tertiary/aromatic N) is 1. The average molecular weight is 356 g/mol. The van der Waals surface area contributed by atoms with E-state index in [-0.39, 0.29) is 18.2 Å². The van der Waals surface area contributed by atoms with Crippen LogP contribution in [0, 0.1) is 0 Å². The van der Waals surface area contributed by atoms with Crippen LogP contribution in [0.4, 0.5) is 5.69 Å². The SMILES string of the molecule is COCCN(CCC(=O)Nc1ccc(Oc2ccccc2)cc1)C(C)=O. The van der Waals surface area contributed by atoms with Crippen LogP contribution in [-0.2, 0) is 14.3 Å². The van der Waals surface area contributed by atoms with Gasteiger partial charge in [-0.15, -0.1) is 0 Å². The second kappa shape index (κ2) is 10.2. The lowest BCUT2D eigenvalue weighted by atomic mass is 10.2. The summed E-state index contributed by atoms with van der Waals surface area (Å²) in [5.41, 5.74) is 0.682. The molecular weight excluding hydrogens is 332 g/mol. The molecule has 6 heteroatoms. The zero-order valence-corrected chi connectivity index (χ0v) is 15.1. The molecular formula is C20H24N2O4. The summed E-state index contributed by atoms with van der Waals surface area (Å²) in [5, 5.41) is 2.82. The fourth-order valence-electron chi connectivity index (χ4n) is 2.32. The van der Waals surface area contributed by atoms with Gasteiger partial charge >= 0.3 is 0 Å². The Labute approximate surface area is 153 Å². The minimum atomic E-state index is -0.148. The first-order valence-corrected chi connectivity index (χ1v) is 8.46. The number of para-hydroxylation sites is 1. The van der Waals surface area contributed by atoms with E-state index in [2.05, 4.69) is 5.32 Å². The number of nitrogens with one attached hydrogen (secondary N) is 1. The fourth-order valence-corrected chi connectivity index (χ4v) is 2.32. The van der Waals surface area contributed by atoms with Crippen molar-refractivity contribution in [1.29, 1.82) is 0 Å². The molecule has 0 heterocycles. The van der Waals surface area contributed by atoms with Crippen molar-refractivity contribution in [1.82, 2.24) is 4.90 Å². The molecule has 0 radical (unpaired) electrons. The standard InChI is InChI=1S/C20H24N2O4/c1-16(23)22(14-15-25-2)13-12-20(24)21-17-8-10-19(11-9-17)26-18-6-4-3-5-7-18/h3-11H,12-15H2,1-2H3,(H,21,24). The number of hydrogen-bond donors (Lipinski definition) is 1. The van der Waals surface area contributed by atoms with E-state index in [0.29, 0.717) is 31.1 Å². The molecule has 0 spiro atoms. The molecule has 0 unspecified atom stereocenters. The second-order valence-corrected chi connectivity index (χ2v) is 5.74. The average Bonchev–Trinajstić information content (AvgIpc) is 2.64. The Morgan fingerprint density at radius 1 is 0.962 bits per heavy atom. The molecule has 2 aromatic carbocycles. The summed E-state index contributed by atoms with van der Waals surface area (Å²) < 4.78 is 10.7. The van der Waals surface area contributed by atoms with E-state index >= 15 is 0 Å². The molecule has 0 saturated heterocycles. The molecule has 138 valence electrons. The van der Waals surface area contributed by atoms with Crippen molar-refractivity contribution in [2.75, 3.05) is 32.1 Å². The molecule has 0 aliphatic heterocycles. The minimum absolute atomic E-state index is 0.0720. The van der Waals surface area contributed by atoms with Crippen LogP contribution in [0.25, 0.3) is 0 Å². The summed E-state index contributed by atoms with van der Waals surface area (Å²) in [6.45, 7) is 2.77. The highest BCUT2D eigenvalue weighted by Gasteiger charge is 2.11. The summed E-state index contributed by atoms with van der Waals surface area (Å²) in [6, 6.07) is 16.6. The van der Waals surface area contributed by atoms with E-state index in [9.17, 15) is 9.59 Å². The maximum Gasteiger partial charge on any atom is 0.226 e. The van der Waals surface area contributed by atoms with E-state index in [1.165, 1.54) is 6.92 Å². The lowest BCUT2D eigenvalue weighted by Gasteiger charge is -2.20. The Morgan fingerprint density at radius 2 is 1.62 bits per heavy atom. The number of methoxy groups -OCH3 is 1. The zero-order valence-electron chi connectivity index (χ0n) is 15.1. The number of carbonyl (C=O) groups is 2. The first kappa shape index (κ1) is 19.5. The van der Waals surface area contributed by atoms with Crippen LogP contribution in [0.3, 0.4) is 0 Å². The number of amides is 2. The van der Waals surface area contributed by atoms with Crippen LogP contribution in [0.5, 0.6) is 11.5 Å². The predicted octanol–water partition coefficient (Wildman–Crippen LogP) is 3.30. The lowest BCUT2D eigenvalue weighted by molar-refractivity contribution is -0.130. The maximum atomic E-state index is 12.1. The Bertz CT molecular complexity index is 702. The van der Waals surface area contributed by atoms with Crippen LogP contribution in [0.1, 0.15) is 13.3 Å². The van der Waals surface area contributed by atoms with Crippen LogP contribution >= 0.6 is 0 Å². The monoisotopic (exact) mass is 356 g/mol. The van der Waals surface area contributed by atoms with E-state index in [0.717, 1.165) is 5.75 Å². The highest BCUT2D eigenvalue weighted by atomic mass is 16.5. The molecule has 0 atom stereocenters. The molecule has 0 aliphatic rings. The summed E-state index contributed by atoms with van der Waals surface area (Å²) in [7, 11) is 1.58. The van der Waals surface area contributed by atoms with Crippen LogP contribution < -0.4 is 10.1 Å². The van der Waals surface area contributed by atoms with Crippen LogP contribution in [-0.4, -0.2) is 43.5 Å². The first-order chi connectivity index (χ1) is 12.6. The summed E-state index contributed by atoms with van der Waals surface area (Å²) in [5.74, 6) is 1.23. The van der Waals surface area contributed by atoms with Gasteiger partial charge in [0.15, 0.2) is 0 Å². The van der Waals surface area contributed by atoms with Gasteiger partial charge in [-0.1, -0.05) is 18.2 Å². The van der Waals surface area contributed by atoms with Gasteiger partial charge in [-0.05, 0) is 36.4 Å². The van der Waals surface area contributed by atoms with Gasteiger partial charge < -0.3 is 19.7 Å². The fraction of sp³-hybridized carbons (Fsp3) is 0.300. The first-order valence-electron chi connectivity index (χ1n) is 8.46. The van der Waals surface area contributed by atoms with Gasteiger partial charge in [0.05, 0.1) is 6.61 Å². The summed E-state index contributed by atoms with van der Waals surface area (Å²) >= 11 is 0. The topological polar surface area (TPSA) is 67.9 Å².